The number of ether oxygens (including phenoxy) is 13. The van der Waals surface area contributed by atoms with Crippen LogP contribution in [0.5, 0.6) is 0 Å². The van der Waals surface area contributed by atoms with E-state index in [1.165, 1.54) is 0 Å². The fraction of sp³-hybridized carbons (Fsp3) is 0.961. The fourth-order valence-corrected chi connectivity index (χ4v) is 18.5. The van der Waals surface area contributed by atoms with Crippen LogP contribution in [0.4, 0.5) is 0 Å². The van der Waals surface area contributed by atoms with Crippen molar-refractivity contribution in [1.29, 1.82) is 0 Å². The molecule has 0 saturated carbocycles. The molecule has 45 nitrogen and oxygen atoms in total. The summed E-state index contributed by atoms with van der Waals surface area (Å²) in [4.78, 5) is 91.2. The van der Waals surface area contributed by atoms with Gasteiger partial charge in [-0.2, -0.15) is 0 Å². The fourth-order valence-electron chi connectivity index (χ4n) is 14.2. The Hall–Kier alpha value is -1.32. The van der Waals surface area contributed by atoms with E-state index < -0.39 is 239 Å². The molecule has 6 aliphatic heterocycles. The maximum absolute atomic E-state index is 13.4. The first-order valence-corrected chi connectivity index (χ1v) is 51.4. The largest absolute Gasteiger partial charge is 0.472 e. The van der Waals surface area contributed by atoms with Gasteiger partial charge in [-0.05, 0) is 84.5 Å². The molecule has 6 saturated heterocycles. The quantitative estimate of drug-likeness (QED) is 0.0267. The van der Waals surface area contributed by atoms with Gasteiger partial charge in [0.05, 0.1) is 103 Å². The summed E-state index contributed by atoms with van der Waals surface area (Å²) in [5.74, 6) is -2.22. The maximum atomic E-state index is 13.4. The first kappa shape index (κ1) is 114. The normalized spacial score (nSPS) is 32.6. The Morgan fingerprint density at radius 1 is 0.315 bits per heavy atom. The van der Waals surface area contributed by atoms with Gasteiger partial charge in [-0.25, -0.2) is 22.8 Å². The monoisotopic (exact) mass is 1940 g/mol. The third-order valence-corrected chi connectivity index (χ3v) is 27.0. The number of ketones is 3. The number of aliphatic hydroxyl groups excluding tert-OH is 9. The van der Waals surface area contributed by atoms with Gasteiger partial charge in [-0.1, -0.05) is 85.5 Å². The molecule has 6 fully saturated rings. The number of carbonyl (C=O) groups excluding carboxylic acids is 3. The lowest BCUT2D eigenvalue weighted by molar-refractivity contribution is -0.280. The van der Waals surface area contributed by atoms with Gasteiger partial charge in [0.15, 0.2) is 55.1 Å². The van der Waals surface area contributed by atoms with Crippen LogP contribution in [-0.2, 0) is 144 Å². The van der Waals surface area contributed by atoms with Gasteiger partial charge in [0.1, 0.15) is 80.9 Å². The molecule has 6 rings (SSSR count). The summed E-state index contributed by atoms with van der Waals surface area (Å²) in [5.41, 5.74) is -0.473. The van der Waals surface area contributed by atoms with Gasteiger partial charge in [-0.3, -0.25) is 59.6 Å². The highest BCUT2D eigenvalue weighted by Gasteiger charge is 2.49. The van der Waals surface area contributed by atoms with Crippen molar-refractivity contribution in [2.45, 2.75) is 331 Å². The van der Waals surface area contributed by atoms with E-state index in [9.17, 15) is 108 Å². The number of aliphatic hydroxyl groups is 9. The SMILES string of the molecule is CC1[C@H](OCC(=O)CCCCCCCO[C@@H]2CC(O)[C@@H](COP(=O)(O)OCCCOP(=O)(O)OC3C[C@@H](OCCCCCCCC(=O)CO[C@@H]4OC(CO)[C@H](O)[C@H](O)C4C)O[C@@H]3COP(=O)(O)OCCCOP(=O)(O)OC3C[C@@H](OCCCCCCCC(=O)CO[C@@H]4OC(CO)[C@H](O)[C@H](O)C4C)O[C@@H]3COP(=O)(O)OCCCOC(C)(C)C)O2)OC(CO)[C@H](O)[C@@H]1C. The van der Waals surface area contributed by atoms with E-state index in [2.05, 4.69) is 0 Å². The van der Waals surface area contributed by atoms with E-state index in [0.29, 0.717) is 83.5 Å². The summed E-state index contributed by atoms with van der Waals surface area (Å²) < 4.78 is 192. The average Bonchev–Trinajstić information content (AvgIpc) is 1.82. The summed E-state index contributed by atoms with van der Waals surface area (Å²) in [6, 6.07) is 0. The van der Waals surface area contributed by atoms with Crippen molar-refractivity contribution in [3.63, 3.8) is 0 Å². The Labute approximate surface area is 741 Å². The molecule has 14 N–H and O–H groups in total. The molecule has 0 spiro atoms. The van der Waals surface area contributed by atoms with Gasteiger partial charge in [0.25, 0.3) is 0 Å². The summed E-state index contributed by atoms with van der Waals surface area (Å²) in [6.45, 7) is 6.17. The lowest BCUT2D eigenvalue weighted by atomic mass is 9.85. The predicted octanol–water partition coefficient (Wildman–Crippen LogP) is 5.41. The van der Waals surface area contributed by atoms with Gasteiger partial charge in [-0.15, -0.1) is 0 Å². The molecule has 6 aliphatic rings. The Bertz CT molecular complexity index is 3350. The molecule has 50 heteroatoms. The first-order valence-electron chi connectivity index (χ1n) is 43.9. The van der Waals surface area contributed by atoms with Gasteiger partial charge >= 0.3 is 39.1 Å². The second-order valence-corrected chi connectivity index (χ2v) is 40.7. The molecule has 0 aliphatic carbocycles. The second kappa shape index (κ2) is 58.4. The maximum Gasteiger partial charge on any atom is 0.472 e. The van der Waals surface area contributed by atoms with Crippen LogP contribution in [0.2, 0.25) is 0 Å². The highest BCUT2D eigenvalue weighted by atomic mass is 31.2. The zero-order valence-corrected chi connectivity index (χ0v) is 78.2. The van der Waals surface area contributed by atoms with Crippen LogP contribution in [0.25, 0.3) is 0 Å². The Kier molecular flexibility index (Phi) is 52.6. The van der Waals surface area contributed by atoms with Crippen LogP contribution in [0.1, 0.15) is 203 Å². The summed E-state index contributed by atoms with van der Waals surface area (Å²) >= 11 is 0. The lowest BCUT2D eigenvalue weighted by Crippen LogP contribution is -2.55. The number of hydrogen-bond acceptors (Lipinski definition) is 40. The minimum absolute atomic E-state index is 0.0477. The molecule has 746 valence electrons. The molecule has 0 bridgehead atoms. The smallest absolute Gasteiger partial charge is 0.394 e. The van der Waals surface area contributed by atoms with Gasteiger partial charge < -0.3 is 132 Å². The minimum Gasteiger partial charge on any atom is -0.394 e. The Balaban J connectivity index is 0.910. The molecular weight excluding hydrogens is 1800 g/mol. The molecule has 0 aromatic rings. The van der Waals surface area contributed by atoms with E-state index in [1.807, 2.05) is 34.6 Å². The third-order valence-electron chi connectivity index (χ3n) is 21.9. The van der Waals surface area contributed by atoms with E-state index >= 15 is 0 Å². The van der Waals surface area contributed by atoms with Crippen molar-refractivity contribution in [1.82, 2.24) is 0 Å². The molecule has 29 atom stereocenters. The van der Waals surface area contributed by atoms with E-state index in [4.69, 9.17) is 107 Å². The van der Waals surface area contributed by atoms with E-state index in [-0.39, 0.29) is 140 Å². The molecule has 14 unspecified atom stereocenters. The van der Waals surface area contributed by atoms with Crippen LogP contribution in [0, 0.1) is 23.7 Å². The van der Waals surface area contributed by atoms with Crippen molar-refractivity contribution in [3.05, 3.63) is 0 Å². The third kappa shape index (κ3) is 43.9. The molecule has 0 aromatic carbocycles. The van der Waals surface area contributed by atoms with Gasteiger partial charge in [0.2, 0.25) is 0 Å². The number of Topliss-reactive ketones (excluding diaryl/α,β-unsaturated/α-hetero) is 3. The van der Waals surface area contributed by atoms with Crippen LogP contribution < -0.4 is 0 Å². The molecule has 0 radical (unpaired) electrons. The highest BCUT2D eigenvalue weighted by molar-refractivity contribution is 7.48. The van der Waals surface area contributed by atoms with Crippen LogP contribution in [0.15, 0.2) is 0 Å². The zero-order chi connectivity index (χ0) is 93.6. The topological polar surface area (TPSA) is 632 Å². The summed E-state index contributed by atoms with van der Waals surface area (Å²) in [5, 5.41) is 90.2. The van der Waals surface area contributed by atoms with Crippen molar-refractivity contribution >= 4 is 56.5 Å². The average molecular weight is 1940 g/mol. The van der Waals surface area contributed by atoms with Crippen molar-refractivity contribution < 1.29 is 214 Å². The molecule has 127 heavy (non-hydrogen) atoms. The lowest BCUT2D eigenvalue weighted by Gasteiger charge is -2.41. The van der Waals surface area contributed by atoms with Gasteiger partial charge in [0, 0.05) is 82.7 Å². The predicted molar refractivity (Wildman–Crippen MR) is 440 cm³/mol. The van der Waals surface area contributed by atoms with Crippen LogP contribution in [-0.4, -0.2) is 335 Å². The summed E-state index contributed by atoms with van der Waals surface area (Å²) in [6.07, 6.45) is -12.6. The number of carbonyl (C=O) groups is 3. The number of phosphoric ester groups is 5. The van der Waals surface area contributed by atoms with Crippen LogP contribution in [0.3, 0.4) is 0 Å². The standard InChI is InChI=1S/C77H143O45P5/c1-50-51(2)74(118-60(41-78)69(50)85)103-44-54(81)26-17-11-8-14-20-29-100-66-38-57(84)63(115-66)47-112-123(90,91)108-34-24-36-110-126(96,97)122-59-40-68(102-31-22-16-10-13-19-28-56(83)46-105-76-53(4)71(87)73(89)62(43-80)120-76)117-65(59)49-114-125(94,95)109-35-25-37-111-127(98,99)121-58-39-67(116-64(58)48-113-124(92,93)107-33-23-32-106-77(5,6)7)101-30-21-15-9-12-18-27-55(82)45-104-75-52(3)70(86)72(88)61(42-79)119-75/h50-53,57-76,78-80,84-89H,8-49H2,1-7H3,(H,90,91)(H,92,93)(H,94,95)(H,96,97)(H,98,99)/t50-,51?,52?,53?,57?,58?,59?,60?,61?,62?,63-,64-,65-,66+,67+,68+,69-,70-,71-,72+,73+,74-,75-,76-/m1/s1. The number of phosphoric acid groups is 5. The Morgan fingerprint density at radius 3 is 0.969 bits per heavy atom. The summed E-state index contributed by atoms with van der Waals surface area (Å²) in [7, 11) is -24.7. The molecule has 6 heterocycles. The highest BCUT2D eigenvalue weighted by Crippen LogP contribution is 2.52. The molecular formula is C77H143O45P5. The first-order chi connectivity index (χ1) is 60.0. The van der Waals surface area contributed by atoms with Crippen molar-refractivity contribution in [2.75, 3.05) is 119 Å². The van der Waals surface area contributed by atoms with E-state index in [0.717, 1.165) is 19.3 Å². The number of unbranched alkanes of at least 4 members (excludes halogenated alkanes) is 12. The van der Waals surface area contributed by atoms with Crippen LogP contribution >= 0.6 is 39.1 Å². The molecule has 0 amide bonds. The van der Waals surface area contributed by atoms with Crippen molar-refractivity contribution in [3.8, 4) is 0 Å². The second-order valence-electron chi connectivity index (χ2n) is 33.6. The Morgan fingerprint density at radius 2 is 0.614 bits per heavy atom. The zero-order valence-electron chi connectivity index (χ0n) is 73.7. The number of hydrogen-bond donors (Lipinski definition) is 14. The minimum atomic E-state index is -5.06. The van der Waals surface area contributed by atoms with Crippen molar-refractivity contribution in [2.24, 2.45) is 23.7 Å². The number of rotatable bonds is 69. The van der Waals surface area contributed by atoms with E-state index in [1.54, 1.807) is 13.8 Å². The molecule has 0 aromatic heterocycles.